The standard InChI is InChI=1S/C13H14F2N2O/c1-8-11(7-18)9(2)17(16-8)6-10-4-3-5-12(14)13(10)15/h3-5,18H,6-7H2,1-2H3. The number of aryl methyl sites for hydroxylation is 1. The molecule has 0 radical (unpaired) electrons. The van der Waals surface area contributed by atoms with Gasteiger partial charge in [0, 0.05) is 16.8 Å². The van der Waals surface area contributed by atoms with E-state index >= 15 is 0 Å². The number of nitrogens with zero attached hydrogens (tertiary/aromatic N) is 2. The van der Waals surface area contributed by atoms with Crippen molar-refractivity contribution in [2.45, 2.75) is 27.0 Å². The van der Waals surface area contributed by atoms with Crippen molar-refractivity contribution in [3.05, 3.63) is 52.3 Å². The number of aliphatic hydroxyl groups excluding tert-OH is 1. The lowest BCUT2D eigenvalue weighted by Crippen LogP contribution is -2.07. The predicted octanol–water partition coefficient (Wildman–Crippen LogP) is 2.32. The molecule has 0 saturated heterocycles. The number of aliphatic hydroxyl groups is 1. The second-order valence-corrected chi connectivity index (χ2v) is 4.18. The first-order valence-corrected chi connectivity index (χ1v) is 5.61. The maximum atomic E-state index is 13.5. The molecule has 18 heavy (non-hydrogen) atoms. The summed E-state index contributed by atoms with van der Waals surface area (Å²) >= 11 is 0. The van der Waals surface area contributed by atoms with Gasteiger partial charge in [0.05, 0.1) is 18.8 Å². The zero-order chi connectivity index (χ0) is 13.3. The third kappa shape index (κ3) is 2.13. The van der Waals surface area contributed by atoms with Gasteiger partial charge in [0.15, 0.2) is 11.6 Å². The van der Waals surface area contributed by atoms with Crippen molar-refractivity contribution in [1.82, 2.24) is 9.78 Å². The Bertz CT molecular complexity index is 579. The fraction of sp³-hybridized carbons (Fsp3) is 0.308. The molecule has 1 N–H and O–H groups in total. The van der Waals surface area contributed by atoms with E-state index in [1.165, 1.54) is 12.1 Å². The molecule has 0 aliphatic rings. The molecule has 3 nitrogen and oxygen atoms in total. The Kier molecular flexibility index (Phi) is 3.43. The van der Waals surface area contributed by atoms with Crippen molar-refractivity contribution < 1.29 is 13.9 Å². The van der Waals surface area contributed by atoms with Crippen LogP contribution < -0.4 is 0 Å². The SMILES string of the molecule is Cc1nn(Cc2cccc(F)c2F)c(C)c1CO. The molecule has 0 unspecified atom stereocenters. The van der Waals surface area contributed by atoms with Gasteiger partial charge in [-0.05, 0) is 19.9 Å². The zero-order valence-electron chi connectivity index (χ0n) is 10.2. The van der Waals surface area contributed by atoms with Gasteiger partial charge in [0.25, 0.3) is 0 Å². The van der Waals surface area contributed by atoms with Crippen LogP contribution in [0.3, 0.4) is 0 Å². The summed E-state index contributed by atoms with van der Waals surface area (Å²) in [5.74, 6) is -1.72. The summed E-state index contributed by atoms with van der Waals surface area (Å²) in [6.45, 7) is 3.61. The van der Waals surface area contributed by atoms with Crippen LogP contribution in [0.15, 0.2) is 18.2 Å². The predicted molar refractivity (Wildman–Crippen MR) is 63.1 cm³/mol. The van der Waals surface area contributed by atoms with E-state index in [0.717, 1.165) is 17.3 Å². The van der Waals surface area contributed by atoms with E-state index < -0.39 is 11.6 Å². The van der Waals surface area contributed by atoms with Crippen molar-refractivity contribution in [1.29, 1.82) is 0 Å². The topological polar surface area (TPSA) is 38.0 Å². The highest BCUT2D eigenvalue weighted by Crippen LogP contribution is 2.17. The minimum atomic E-state index is -0.864. The van der Waals surface area contributed by atoms with Crippen molar-refractivity contribution in [2.75, 3.05) is 0 Å². The number of hydrogen-bond acceptors (Lipinski definition) is 2. The lowest BCUT2D eigenvalue weighted by molar-refractivity contribution is 0.280. The van der Waals surface area contributed by atoms with Gasteiger partial charge < -0.3 is 5.11 Å². The van der Waals surface area contributed by atoms with Crippen LogP contribution in [0.5, 0.6) is 0 Å². The van der Waals surface area contributed by atoms with Crippen LogP contribution in [-0.4, -0.2) is 14.9 Å². The summed E-state index contributed by atoms with van der Waals surface area (Å²) in [4.78, 5) is 0. The molecular weight excluding hydrogens is 238 g/mol. The van der Waals surface area contributed by atoms with Crippen LogP contribution >= 0.6 is 0 Å². The number of rotatable bonds is 3. The number of halogens is 2. The molecule has 0 aliphatic carbocycles. The van der Waals surface area contributed by atoms with E-state index in [0.29, 0.717) is 5.69 Å². The minimum absolute atomic E-state index is 0.108. The molecule has 5 heteroatoms. The third-order valence-electron chi connectivity index (χ3n) is 3.04. The van der Waals surface area contributed by atoms with Crippen LogP contribution in [0, 0.1) is 25.5 Å². The molecular formula is C13H14F2N2O. The van der Waals surface area contributed by atoms with E-state index in [-0.39, 0.29) is 18.7 Å². The fourth-order valence-corrected chi connectivity index (χ4v) is 1.95. The minimum Gasteiger partial charge on any atom is -0.392 e. The van der Waals surface area contributed by atoms with Crippen LogP contribution in [-0.2, 0) is 13.2 Å². The Morgan fingerprint density at radius 1 is 1.28 bits per heavy atom. The second-order valence-electron chi connectivity index (χ2n) is 4.18. The van der Waals surface area contributed by atoms with E-state index in [1.807, 2.05) is 0 Å². The Morgan fingerprint density at radius 3 is 2.61 bits per heavy atom. The van der Waals surface area contributed by atoms with Gasteiger partial charge in [-0.1, -0.05) is 12.1 Å². The Morgan fingerprint density at radius 2 is 2.00 bits per heavy atom. The molecule has 1 aromatic heterocycles. The third-order valence-corrected chi connectivity index (χ3v) is 3.04. The van der Waals surface area contributed by atoms with Crippen molar-refractivity contribution in [3.63, 3.8) is 0 Å². The maximum Gasteiger partial charge on any atom is 0.163 e. The molecule has 1 aromatic carbocycles. The Labute approximate surface area is 104 Å². The molecule has 0 saturated carbocycles. The summed E-state index contributed by atoms with van der Waals surface area (Å²) in [5.41, 5.74) is 2.43. The molecule has 96 valence electrons. The fourth-order valence-electron chi connectivity index (χ4n) is 1.95. The smallest absolute Gasteiger partial charge is 0.163 e. The molecule has 2 aromatic rings. The molecule has 0 amide bonds. The summed E-state index contributed by atoms with van der Waals surface area (Å²) in [6.07, 6.45) is 0. The van der Waals surface area contributed by atoms with Gasteiger partial charge in [-0.2, -0.15) is 5.10 Å². The number of aromatic nitrogens is 2. The highest BCUT2D eigenvalue weighted by molar-refractivity contribution is 5.25. The van der Waals surface area contributed by atoms with E-state index in [9.17, 15) is 13.9 Å². The van der Waals surface area contributed by atoms with Gasteiger partial charge in [-0.15, -0.1) is 0 Å². The molecule has 1 heterocycles. The molecule has 0 bridgehead atoms. The second kappa shape index (κ2) is 4.86. The molecule has 0 atom stereocenters. The Balaban J connectivity index is 2.37. The molecule has 0 spiro atoms. The lowest BCUT2D eigenvalue weighted by atomic mass is 10.2. The number of benzene rings is 1. The highest BCUT2D eigenvalue weighted by Gasteiger charge is 2.13. The Hall–Kier alpha value is -1.75. The van der Waals surface area contributed by atoms with E-state index in [4.69, 9.17) is 0 Å². The van der Waals surface area contributed by atoms with Crippen LogP contribution in [0.2, 0.25) is 0 Å². The summed E-state index contributed by atoms with van der Waals surface area (Å²) in [7, 11) is 0. The highest BCUT2D eigenvalue weighted by atomic mass is 19.2. The molecule has 0 fully saturated rings. The average molecular weight is 252 g/mol. The van der Waals surface area contributed by atoms with Crippen molar-refractivity contribution >= 4 is 0 Å². The van der Waals surface area contributed by atoms with Crippen molar-refractivity contribution in [3.8, 4) is 0 Å². The number of hydrogen-bond donors (Lipinski definition) is 1. The quantitative estimate of drug-likeness (QED) is 0.910. The van der Waals surface area contributed by atoms with Gasteiger partial charge >= 0.3 is 0 Å². The van der Waals surface area contributed by atoms with Crippen LogP contribution in [0.25, 0.3) is 0 Å². The van der Waals surface area contributed by atoms with Gasteiger partial charge in [0.1, 0.15) is 0 Å². The molecule has 2 rings (SSSR count). The van der Waals surface area contributed by atoms with Crippen molar-refractivity contribution in [2.24, 2.45) is 0 Å². The van der Waals surface area contributed by atoms with Gasteiger partial charge in [-0.25, -0.2) is 8.78 Å². The summed E-state index contributed by atoms with van der Waals surface area (Å²) in [5, 5.41) is 13.4. The van der Waals surface area contributed by atoms with E-state index in [2.05, 4.69) is 5.10 Å². The summed E-state index contributed by atoms with van der Waals surface area (Å²) < 4.78 is 28.2. The van der Waals surface area contributed by atoms with Gasteiger partial charge in [-0.3, -0.25) is 4.68 Å². The van der Waals surface area contributed by atoms with Crippen LogP contribution in [0.1, 0.15) is 22.5 Å². The first-order valence-electron chi connectivity index (χ1n) is 5.61. The normalized spacial score (nSPS) is 10.9. The summed E-state index contributed by atoms with van der Waals surface area (Å²) in [6, 6.07) is 4.07. The first kappa shape index (κ1) is 12.7. The molecule has 0 aliphatic heterocycles. The average Bonchev–Trinajstić information content (AvgIpc) is 2.60. The lowest BCUT2D eigenvalue weighted by Gasteiger charge is -2.06. The van der Waals surface area contributed by atoms with Crippen LogP contribution in [0.4, 0.5) is 8.78 Å². The largest absolute Gasteiger partial charge is 0.392 e. The first-order chi connectivity index (χ1) is 8.54. The van der Waals surface area contributed by atoms with Gasteiger partial charge in [0.2, 0.25) is 0 Å². The zero-order valence-corrected chi connectivity index (χ0v) is 10.2. The maximum absolute atomic E-state index is 13.5. The van der Waals surface area contributed by atoms with E-state index in [1.54, 1.807) is 18.5 Å². The monoisotopic (exact) mass is 252 g/mol.